The van der Waals surface area contributed by atoms with Crippen molar-refractivity contribution in [3.8, 4) is 0 Å². The number of rotatable bonds is 4. The molecular formula is C20H24FN5O4. The molecule has 2 aromatic rings. The zero-order valence-electron chi connectivity index (χ0n) is 16.9. The Hall–Kier alpha value is -3.17. The van der Waals surface area contributed by atoms with Crippen LogP contribution in [0.2, 0.25) is 0 Å². The molecule has 3 amide bonds. The maximum absolute atomic E-state index is 15.1. The van der Waals surface area contributed by atoms with Crippen LogP contribution in [0.5, 0.6) is 0 Å². The number of hydrogen-bond donors (Lipinski definition) is 2. The number of benzene rings is 1. The Morgan fingerprint density at radius 1 is 1.27 bits per heavy atom. The molecule has 2 N–H and O–H groups in total. The zero-order chi connectivity index (χ0) is 21.6. The van der Waals surface area contributed by atoms with Crippen LogP contribution in [-0.4, -0.2) is 52.4 Å². The Balaban J connectivity index is 1.62. The van der Waals surface area contributed by atoms with Crippen molar-refractivity contribution in [2.24, 2.45) is 12.5 Å². The van der Waals surface area contributed by atoms with Crippen molar-refractivity contribution in [3.63, 3.8) is 0 Å². The molecule has 160 valence electrons. The molecule has 0 bridgehead atoms. The molecule has 10 heteroatoms. The number of anilines is 2. The molecular weight excluding hydrogens is 393 g/mol. The van der Waals surface area contributed by atoms with Crippen LogP contribution in [-0.2, 0) is 16.6 Å². The van der Waals surface area contributed by atoms with Gasteiger partial charge in [-0.05, 0) is 30.4 Å². The minimum atomic E-state index is -0.815. The van der Waals surface area contributed by atoms with Gasteiger partial charge in [-0.25, -0.2) is 9.18 Å². The number of hydrogen-bond acceptors (Lipinski definition) is 5. The summed E-state index contributed by atoms with van der Waals surface area (Å²) in [4.78, 5) is 38.0. The van der Waals surface area contributed by atoms with E-state index in [1.165, 1.54) is 11.0 Å². The lowest BCUT2D eigenvalue weighted by Crippen LogP contribution is -2.49. The fraction of sp³-hybridized carbons (Fsp3) is 0.500. The van der Waals surface area contributed by atoms with E-state index in [0.29, 0.717) is 48.3 Å². The largest absolute Gasteiger partial charge is 0.481 e. The number of aryl methyl sites for hydroxylation is 1. The van der Waals surface area contributed by atoms with Crippen LogP contribution in [0.3, 0.4) is 0 Å². The van der Waals surface area contributed by atoms with Crippen LogP contribution < -0.4 is 15.1 Å². The highest BCUT2D eigenvalue weighted by Gasteiger charge is 2.34. The van der Waals surface area contributed by atoms with Crippen molar-refractivity contribution in [2.75, 3.05) is 29.4 Å². The van der Waals surface area contributed by atoms with Crippen molar-refractivity contribution in [1.29, 1.82) is 0 Å². The van der Waals surface area contributed by atoms with Crippen molar-refractivity contribution in [3.05, 3.63) is 17.9 Å². The molecule has 1 aromatic carbocycles. The topological polar surface area (TPSA) is 108 Å². The molecule has 0 atom stereocenters. The predicted octanol–water partition coefficient (Wildman–Crippen LogP) is 2.24. The molecule has 2 aliphatic heterocycles. The highest BCUT2D eigenvalue weighted by Crippen LogP contribution is 2.38. The van der Waals surface area contributed by atoms with E-state index in [1.807, 2.05) is 11.8 Å². The van der Waals surface area contributed by atoms with E-state index in [4.69, 9.17) is 5.11 Å². The van der Waals surface area contributed by atoms with Gasteiger partial charge in [-0.3, -0.25) is 24.5 Å². The minimum Gasteiger partial charge on any atom is -0.481 e. The van der Waals surface area contributed by atoms with Crippen LogP contribution >= 0.6 is 0 Å². The summed E-state index contributed by atoms with van der Waals surface area (Å²) in [7, 11) is 1.72. The monoisotopic (exact) mass is 417 g/mol. The first-order valence-corrected chi connectivity index (χ1v) is 9.91. The van der Waals surface area contributed by atoms with Crippen molar-refractivity contribution in [1.82, 2.24) is 15.1 Å². The fourth-order valence-electron chi connectivity index (χ4n) is 4.28. The summed E-state index contributed by atoms with van der Waals surface area (Å²) in [5.74, 6) is -1.27. The van der Waals surface area contributed by atoms with Gasteiger partial charge in [-0.2, -0.15) is 5.10 Å². The number of aromatic nitrogens is 2. The number of halogens is 1. The number of imide groups is 1. The molecule has 30 heavy (non-hydrogen) atoms. The standard InChI is InChI=1S/C20H24FN5O4/c1-20(11-17(28)29)4-7-25(8-5-20)15-10-14-12(9-13(15)21)18(23-24(14)2)26-6-3-16(27)22-19(26)30/h9-10H,3-8,11H2,1-2H3,(H,28,29)(H,22,27,30). The van der Waals surface area contributed by atoms with Crippen LogP contribution in [0.25, 0.3) is 10.9 Å². The molecule has 2 fully saturated rings. The van der Waals surface area contributed by atoms with Crippen molar-refractivity contribution >= 4 is 40.3 Å². The summed E-state index contributed by atoms with van der Waals surface area (Å²) in [5, 5.41) is 16.3. The van der Waals surface area contributed by atoms with E-state index in [9.17, 15) is 14.4 Å². The van der Waals surface area contributed by atoms with E-state index in [0.717, 1.165) is 0 Å². The quantitative estimate of drug-likeness (QED) is 0.790. The molecule has 9 nitrogen and oxygen atoms in total. The molecule has 0 spiro atoms. The Bertz CT molecular complexity index is 1040. The Morgan fingerprint density at radius 2 is 1.97 bits per heavy atom. The van der Waals surface area contributed by atoms with Gasteiger partial charge in [0.05, 0.1) is 17.6 Å². The molecule has 0 unspecified atom stereocenters. The summed E-state index contributed by atoms with van der Waals surface area (Å²) in [6.45, 7) is 3.27. The van der Waals surface area contributed by atoms with Crippen molar-refractivity contribution < 1.29 is 23.9 Å². The third kappa shape index (κ3) is 3.57. The average molecular weight is 417 g/mol. The third-order valence-electron chi connectivity index (χ3n) is 6.10. The summed E-state index contributed by atoms with van der Waals surface area (Å²) in [5.41, 5.74) is 0.819. The maximum Gasteiger partial charge on any atom is 0.329 e. The average Bonchev–Trinajstić information content (AvgIpc) is 2.96. The first kappa shape index (κ1) is 20.1. The normalized spacial score (nSPS) is 19.3. The number of nitrogens with one attached hydrogen (secondary N) is 1. The van der Waals surface area contributed by atoms with E-state index < -0.39 is 17.8 Å². The second-order valence-corrected chi connectivity index (χ2v) is 8.39. The van der Waals surface area contributed by atoms with Gasteiger partial charge in [0.15, 0.2) is 5.82 Å². The predicted molar refractivity (Wildman–Crippen MR) is 108 cm³/mol. The van der Waals surface area contributed by atoms with E-state index >= 15 is 4.39 Å². The smallest absolute Gasteiger partial charge is 0.329 e. The molecule has 0 aliphatic carbocycles. The number of amides is 3. The van der Waals surface area contributed by atoms with Crippen LogP contribution in [0.1, 0.15) is 32.6 Å². The Morgan fingerprint density at radius 3 is 2.60 bits per heavy atom. The Labute approximate surface area is 172 Å². The van der Waals surface area contributed by atoms with Crippen LogP contribution in [0, 0.1) is 11.2 Å². The van der Waals surface area contributed by atoms with Gasteiger partial charge in [-0.1, -0.05) is 6.92 Å². The summed E-state index contributed by atoms with van der Waals surface area (Å²) in [6.07, 6.45) is 1.59. The molecule has 3 heterocycles. The summed E-state index contributed by atoms with van der Waals surface area (Å²) < 4.78 is 16.7. The number of urea groups is 1. The van der Waals surface area contributed by atoms with Crippen LogP contribution in [0.4, 0.5) is 20.7 Å². The maximum atomic E-state index is 15.1. The first-order valence-electron chi connectivity index (χ1n) is 9.91. The fourth-order valence-corrected chi connectivity index (χ4v) is 4.28. The molecule has 0 saturated carbocycles. The molecule has 4 rings (SSSR count). The van der Waals surface area contributed by atoms with E-state index in [1.54, 1.807) is 17.8 Å². The lowest BCUT2D eigenvalue weighted by Gasteiger charge is -2.39. The van der Waals surface area contributed by atoms with Gasteiger partial charge in [0.25, 0.3) is 0 Å². The van der Waals surface area contributed by atoms with Gasteiger partial charge in [0.2, 0.25) is 5.91 Å². The number of carboxylic acid groups (broad SMARTS) is 1. The van der Waals surface area contributed by atoms with Crippen LogP contribution in [0.15, 0.2) is 12.1 Å². The second-order valence-electron chi connectivity index (χ2n) is 8.39. The number of nitrogens with zero attached hydrogens (tertiary/aromatic N) is 4. The SMILES string of the molecule is Cn1nc(N2CCC(=O)NC2=O)c2cc(F)c(N3CCC(C)(CC(=O)O)CC3)cc21. The highest BCUT2D eigenvalue weighted by molar-refractivity contribution is 6.09. The summed E-state index contributed by atoms with van der Waals surface area (Å²) >= 11 is 0. The Kier molecular flexibility index (Phi) is 4.87. The second kappa shape index (κ2) is 7.26. The highest BCUT2D eigenvalue weighted by atomic mass is 19.1. The van der Waals surface area contributed by atoms with Gasteiger partial charge >= 0.3 is 12.0 Å². The first-order chi connectivity index (χ1) is 14.2. The van der Waals surface area contributed by atoms with Gasteiger partial charge < -0.3 is 10.0 Å². The zero-order valence-corrected chi connectivity index (χ0v) is 16.9. The number of carboxylic acids is 1. The van der Waals surface area contributed by atoms with Crippen molar-refractivity contribution in [2.45, 2.75) is 32.6 Å². The summed E-state index contributed by atoms with van der Waals surface area (Å²) in [6, 6.07) is 2.53. The number of carbonyl (C=O) groups excluding carboxylic acids is 2. The van der Waals surface area contributed by atoms with Gasteiger partial charge in [0, 0.05) is 38.5 Å². The minimum absolute atomic E-state index is 0.105. The molecule has 1 aromatic heterocycles. The van der Waals surface area contributed by atoms with Gasteiger partial charge in [0.1, 0.15) is 5.82 Å². The molecule has 2 aliphatic rings. The number of carbonyl (C=O) groups is 3. The number of piperidine rings is 1. The lowest BCUT2D eigenvalue weighted by molar-refractivity contribution is -0.139. The number of fused-ring (bicyclic) bond motifs is 1. The molecule has 0 radical (unpaired) electrons. The third-order valence-corrected chi connectivity index (χ3v) is 6.10. The van der Waals surface area contributed by atoms with E-state index in [2.05, 4.69) is 10.4 Å². The molecule has 2 saturated heterocycles. The number of aliphatic carboxylic acids is 1. The van der Waals surface area contributed by atoms with E-state index in [-0.39, 0.29) is 30.7 Å². The lowest BCUT2D eigenvalue weighted by atomic mass is 9.77. The van der Waals surface area contributed by atoms with Gasteiger partial charge in [-0.15, -0.1) is 0 Å².